The standard InChI is InChI=1S/C11H10F2O/c1-7-9(8-5-6-8)3-2-4-10(7)14-11(12)13/h2-5,11H,6H2,1H3. The van der Waals surface area contributed by atoms with Crippen LogP contribution in [0.15, 0.2) is 24.3 Å². The first kappa shape index (κ1) is 9.19. The molecule has 0 heterocycles. The molecule has 0 unspecified atom stereocenters. The number of alkyl halides is 2. The second-order valence-electron chi connectivity index (χ2n) is 3.24. The molecule has 1 nitrogen and oxygen atoms in total. The van der Waals surface area contributed by atoms with Crippen LogP contribution >= 0.6 is 0 Å². The van der Waals surface area contributed by atoms with Crippen LogP contribution in [0.2, 0.25) is 0 Å². The average Bonchev–Trinajstić information content (AvgIpc) is 2.91. The first-order valence-electron chi connectivity index (χ1n) is 4.42. The number of ether oxygens (including phenoxy) is 1. The van der Waals surface area contributed by atoms with E-state index in [1.807, 2.05) is 6.07 Å². The van der Waals surface area contributed by atoms with Crippen molar-refractivity contribution in [1.82, 2.24) is 0 Å². The normalized spacial score (nSPS) is 14.1. The quantitative estimate of drug-likeness (QED) is 0.720. The van der Waals surface area contributed by atoms with Gasteiger partial charge < -0.3 is 4.74 Å². The van der Waals surface area contributed by atoms with E-state index >= 15 is 0 Å². The lowest BCUT2D eigenvalue weighted by Crippen LogP contribution is -2.03. The van der Waals surface area contributed by atoms with Crippen molar-refractivity contribution in [1.29, 1.82) is 0 Å². The number of hydrogen-bond donors (Lipinski definition) is 0. The zero-order valence-electron chi connectivity index (χ0n) is 7.76. The van der Waals surface area contributed by atoms with Gasteiger partial charge in [-0.1, -0.05) is 18.2 Å². The minimum absolute atomic E-state index is 0.269. The second kappa shape index (κ2) is 3.40. The first-order valence-corrected chi connectivity index (χ1v) is 4.42. The molecule has 0 atom stereocenters. The highest BCUT2D eigenvalue weighted by Crippen LogP contribution is 2.36. The van der Waals surface area contributed by atoms with E-state index in [-0.39, 0.29) is 5.75 Å². The summed E-state index contributed by atoms with van der Waals surface area (Å²) in [6.07, 6.45) is 3.02. The molecule has 0 spiro atoms. The van der Waals surface area contributed by atoms with Crippen molar-refractivity contribution in [3.63, 3.8) is 0 Å². The highest BCUT2D eigenvalue weighted by atomic mass is 19.3. The van der Waals surface area contributed by atoms with Gasteiger partial charge in [-0.05, 0) is 36.1 Å². The Morgan fingerprint density at radius 3 is 2.64 bits per heavy atom. The van der Waals surface area contributed by atoms with Gasteiger partial charge in [0.25, 0.3) is 0 Å². The number of rotatable bonds is 3. The van der Waals surface area contributed by atoms with Crippen LogP contribution in [0.4, 0.5) is 8.78 Å². The lowest BCUT2D eigenvalue weighted by molar-refractivity contribution is -0.0503. The second-order valence-corrected chi connectivity index (χ2v) is 3.24. The monoisotopic (exact) mass is 196 g/mol. The van der Waals surface area contributed by atoms with Crippen molar-refractivity contribution in [2.24, 2.45) is 0 Å². The predicted octanol–water partition coefficient (Wildman–Crippen LogP) is 3.38. The maximum absolute atomic E-state index is 12.0. The Morgan fingerprint density at radius 2 is 2.07 bits per heavy atom. The van der Waals surface area contributed by atoms with Gasteiger partial charge in [0, 0.05) is 0 Å². The minimum Gasteiger partial charge on any atom is -0.435 e. The summed E-state index contributed by atoms with van der Waals surface area (Å²) < 4.78 is 28.4. The van der Waals surface area contributed by atoms with E-state index in [2.05, 4.69) is 10.8 Å². The Kier molecular flexibility index (Phi) is 2.23. The van der Waals surface area contributed by atoms with Crippen LogP contribution in [-0.2, 0) is 0 Å². The van der Waals surface area contributed by atoms with Gasteiger partial charge in [-0.25, -0.2) is 0 Å². The van der Waals surface area contributed by atoms with E-state index in [0.29, 0.717) is 0 Å². The molecule has 0 radical (unpaired) electrons. The maximum atomic E-state index is 12.0. The van der Waals surface area contributed by atoms with Gasteiger partial charge in [-0.2, -0.15) is 8.78 Å². The molecule has 0 amide bonds. The molecule has 0 saturated carbocycles. The smallest absolute Gasteiger partial charge is 0.387 e. The molecule has 1 aliphatic rings. The molecule has 1 aromatic carbocycles. The molecular weight excluding hydrogens is 186 g/mol. The lowest BCUT2D eigenvalue weighted by Gasteiger charge is -2.10. The van der Waals surface area contributed by atoms with Gasteiger partial charge in [-0.3, -0.25) is 0 Å². The van der Waals surface area contributed by atoms with Crippen LogP contribution in [0.25, 0.3) is 5.57 Å². The highest BCUT2D eigenvalue weighted by Gasteiger charge is 2.16. The van der Waals surface area contributed by atoms with Crippen molar-refractivity contribution in [2.45, 2.75) is 20.0 Å². The Bertz CT molecular complexity index is 383. The largest absolute Gasteiger partial charge is 0.435 e. The summed E-state index contributed by atoms with van der Waals surface area (Å²) in [6, 6.07) is 5.22. The van der Waals surface area contributed by atoms with Crippen molar-refractivity contribution in [3.8, 4) is 5.75 Å². The SMILES string of the molecule is Cc1c(OC(F)F)cccc1C1=CC1. The fourth-order valence-corrected chi connectivity index (χ4v) is 1.46. The van der Waals surface area contributed by atoms with Crippen LogP contribution in [-0.4, -0.2) is 6.61 Å². The third kappa shape index (κ3) is 1.76. The molecule has 3 heteroatoms. The van der Waals surface area contributed by atoms with Crippen LogP contribution in [0.5, 0.6) is 5.75 Å². The van der Waals surface area contributed by atoms with Gasteiger partial charge in [-0.15, -0.1) is 0 Å². The molecule has 74 valence electrons. The third-order valence-corrected chi connectivity index (χ3v) is 2.25. The summed E-state index contributed by atoms with van der Waals surface area (Å²) in [5.41, 5.74) is 3.02. The summed E-state index contributed by atoms with van der Waals surface area (Å²) in [5, 5.41) is 0. The highest BCUT2D eigenvalue weighted by molar-refractivity contribution is 5.80. The van der Waals surface area contributed by atoms with E-state index in [4.69, 9.17) is 0 Å². The van der Waals surface area contributed by atoms with Crippen molar-refractivity contribution < 1.29 is 13.5 Å². The molecule has 0 aliphatic heterocycles. The van der Waals surface area contributed by atoms with E-state index in [0.717, 1.165) is 17.5 Å². The number of hydrogen-bond acceptors (Lipinski definition) is 1. The minimum atomic E-state index is -2.75. The van der Waals surface area contributed by atoms with Gasteiger partial charge in [0.2, 0.25) is 0 Å². The van der Waals surface area contributed by atoms with Crippen molar-refractivity contribution >= 4 is 5.57 Å². The fraction of sp³-hybridized carbons (Fsp3) is 0.273. The molecule has 2 rings (SSSR count). The molecule has 14 heavy (non-hydrogen) atoms. The van der Waals surface area contributed by atoms with Crippen LogP contribution < -0.4 is 4.74 Å². The van der Waals surface area contributed by atoms with E-state index < -0.39 is 6.61 Å². The van der Waals surface area contributed by atoms with Crippen molar-refractivity contribution in [2.75, 3.05) is 0 Å². The molecule has 0 saturated heterocycles. The molecular formula is C11H10F2O. The average molecular weight is 196 g/mol. The molecule has 0 fully saturated rings. The zero-order valence-corrected chi connectivity index (χ0v) is 7.76. The number of benzene rings is 1. The van der Waals surface area contributed by atoms with Crippen LogP contribution in [0.1, 0.15) is 17.5 Å². The molecule has 0 aromatic heterocycles. The van der Waals surface area contributed by atoms with E-state index in [9.17, 15) is 8.78 Å². The van der Waals surface area contributed by atoms with Crippen molar-refractivity contribution in [3.05, 3.63) is 35.4 Å². The van der Waals surface area contributed by atoms with Crippen LogP contribution in [0, 0.1) is 6.92 Å². The van der Waals surface area contributed by atoms with Gasteiger partial charge in [0.15, 0.2) is 0 Å². The third-order valence-electron chi connectivity index (χ3n) is 2.25. The Hall–Kier alpha value is -1.38. The first-order chi connectivity index (χ1) is 6.68. The summed E-state index contributed by atoms with van der Waals surface area (Å²) in [6.45, 7) is -0.955. The van der Waals surface area contributed by atoms with E-state index in [1.54, 1.807) is 19.1 Å². The summed E-state index contributed by atoms with van der Waals surface area (Å²) in [4.78, 5) is 0. The summed E-state index contributed by atoms with van der Waals surface area (Å²) >= 11 is 0. The number of halogens is 2. The fourth-order valence-electron chi connectivity index (χ4n) is 1.46. The Labute approximate surface area is 81.0 Å². The van der Waals surface area contributed by atoms with Gasteiger partial charge in [0.05, 0.1) is 0 Å². The Balaban J connectivity index is 2.31. The van der Waals surface area contributed by atoms with Crippen LogP contribution in [0.3, 0.4) is 0 Å². The maximum Gasteiger partial charge on any atom is 0.387 e. The lowest BCUT2D eigenvalue weighted by atomic mass is 10.1. The molecule has 1 aliphatic carbocycles. The molecule has 0 N–H and O–H groups in total. The zero-order chi connectivity index (χ0) is 10.1. The molecule has 1 aromatic rings. The van der Waals surface area contributed by atoms with Gasteiger partial charge in [0.1, 0.15) is 5.75 Å². The summed E-state index contributed by atoms with van der Waals surface area (Å²) in [5.74, 6) is 0.269. The summed E-state index contributed by atoms with van der Waals surface area (Å²) in [7, 11) is 0. The van der Waals surface area contributed by atoms with Gasteiger partial charge >= 0.3 is 6.61 Å². The number of allylic oxidation sites excluding steroid dienone is 2. The molecule has 0 bridgehead atoms. The topological polar surface area (TPSA) is 9.23 Å². The van der Waals surface area contributed by atoms with E-state index in [1.165, 1.54) is 5.57 Å². The predicted molar refractivity (Wildman–Crippen MR) is 50.4 cm³/mol. The Morgan fingerprint density at radius 1 is 1.36 bits per heavy atom.